The summed E-state index contributed by atoms with van der Waals surface area (Å²) in [4.78, 5) is 26.4. The molecule has 0 spiro atoms. The number of amides is 2. The van der Waals surface area contributed by atoms with E-state index < -0.39 is 0 Å². The summed E-state index contributed by atoms with van der Waals surface area (Å²) in [5.74, 6) is 0.462. The van der Waals surface area contributed by atoms with Gasteiger partial charge in [0, 0.05) is 18.8 Å². The number of likely N-dealkylation sites (tertiary alicyclic amines) is 1. The Morgan fingerprint density at radius 3 is 2.42 bits per heavy atom. The van der Waals surface area contributed by atoms with E-state index in [0.717, 1.165) is 16.3 Å². The molecule has 0 aromatic heterocycles. The Morgan fingerprint density at radius 1 is 0.968 bits per heavy atom. The van der Waals surface area contributed by atoms with Crippen molar-refractivity contribution in [2.24, 2.45) is 0 Å². The standard InChI is InChI=1S/C25H26N2O4/c28-22-11-13-27(14-12-22)25(30)15-18-5-8-21(9-6-18)26-24(29)17-31-23-10-7-19-3-1-2-4-20(19)16-23/h1-10,16,22,28H,11-15,17H2,(H,26,29). The lowest BCUT2D eigenvalue weighted by atomic mass is 10.1. The van der Waals surface area contributed by atoms with E-state index in [9.17, 15) is 14.7 Å². The van der Waals surface area contributed by atoms with Gasteiger partial charge in [-0.3, -0.25) is 9.59 Å². The normalized spacial score (nSPS) is 14.4. The minimum absolute atomic E-state index is 0.0625. The van der Waals surface area contributed by atoms with Gasteiger partial charge in [-0.2, -0.15) is 0 Å². The van der Waals surface area contributed by atoms with Crippen molar-refractivity contribution in [3.8, 4) is 5.75 Å². The van der Waals surface area contributed by atoms with Crippen molar-refractivity contribution in [1.82, 2.24) is 4.90 Å². The van der Waals surface area contributed by atoms with Crippen molar-refractivity contribution in [2.45, 2.75) is 25.4 Å². The Labute approximate surface area is 181 Å². The van der Waals surface area contributed by atoms with Crippen molar-refractivity contribution in [3.05, 3.63) is 72.3 Å². The first-order valence-electron chi connectivity index (χ1n) is 10.5. The van der Waals surface area contributed by atoms with Crippen LogP contribution in [0.4, 0.5) is 5.69 Å². The van der Waals surface area contributed by atoms with Gasteiger partial charge in [0.2, 0.25) is 5.91 Å². The first-order valence-corrected chi connectivity index (χ1v) is 10.5. The molecule has 3 aromatic carbocycles. The summed E-state index contributed by atoms with van der Waals surface area (Å²) in [5, 5.41) is 14.6. The number of nitrogens with zero attached hydrogens (tertiary/aromatic N) is 1. The lowest BCUT2D eigenvalue weighted by Gasteiger charge is -2.29. The number of nitrogens with one attached hydrogen (secondary N) is 1. The summed E-state index contributed by atoms with van der Waals surface area (Å²) in [7, 11) is 0. The number of aliphatic hydroxyl groups excluding tert-OH is 1. The van der Waals surface area contributed by atoms with Gasteiger partial charge in [0.15, 0.2) is 6.61 Å². The number of hydrogen-bond acceptors (Lipinski definition) is 4. The highest BCUT2D eigenvalue weighted by Gasteiger charge is 2.21. The lowest BCUT2D eigenvalue weighted by molar-refractivity contribution is -0.132. The van der Waals surface area contributed by atoms with Gasteiger partial charge < -0.3 is 20.1 Å². The quantitative estimate of drug-likeness (QED) is 0.643. The molecule has 0 saturated carbocycles. The molecular weight excluding hydrogens is 392 g/mol. The van der Waals surface area contributed by atoms with E-state index in [1.54, 1.807) is 17.0 Å². The molecule has 1 fully saturated rings. The minimum atomic E-state index is -0.294. The second-order valence-electron chi connectivity index (χ2n) is 7.83. The van der Waals surface area contributed by atoms with Crippen molar-refractivity contribution < 1.29 is 19.4 Å². The fraction of sp³-hybridized carbons (Fsp3) is 0.280. The van der Waals surface area contributed by atoms with Gasteiger partial charge in [0.25, 0.3) is 5.91 Å². The van der Waals surface area contributed by atoms with Gasteiger partial charge in [0.1, 0.15) is 5.75 Å². The van der Waals surface area contributed by atoms with Gasteiger partial charge >= 0.3 is 0 Å². The Kier molecular flexibility index (Phi) is 6.48. The predicted octanol–water partition coefficient (Wildman–Crippen LogP) is 3.38. The zero-order valence-electron chi connectivity index (χ0n) is 17.3. The average Bonchev–Trinajstić information content (AvgIpc) is 2.79. The molecule has 160 valence electrons. The van der Waals surface area contributed by atoms with Gasteiger partial charge in [-0.15, -0.1) is 0 Å². The number of benzene rings is 3. The van der Waals surface area contributed by atoms with Crippen LogP contribution >= 0.6 is 0 Å². The first-order chi connectivity index (χ1) is 15.1. The van der Waals surface area contributed by atoms with Crippen LogP contribution in [0.3, 0.4) is 0 Å². The van der Waals surface area contributed by atoms with Crippen molar-refractivity contribution in [2.75, 3.05) is 25.0 Å². The van der Waals surface area contributed by atoms with Crippen LogP contribution in [0.2, 0.25) is 0 Å². The molecule has 1 aliphatic heterocycles. The Bertz CT molecular complexity index is 1060. The van der Waals surface area contributed by atoms with E-state index in [1.807, 2.05) is 54.6 Å². The van der Waals surface area contributed by atoms with E-state index in [-0.39, 0.29) is 24.5 Å². The highest BCUT2D eigenvalue weighted by atomic mass is 16.5. The summed E-state index contributed by atoms with van der Waals surface area (Å²) < 4.78 is 5.62. The predicted molar refractivity (Wildman–Crippen MR) is 120 cm³/mol. The van der Waals surface area contributed by atoms with Crippen molar-refractivity contribution in [3.63, 3.8) is 0 Å². The molecule has 1 heterocycles. The molecule has 0 aliphatic carbocycles. The van der Waals surface area contributed by atoms with E-state index in [4.69, 9.17) is 4.74 Å². The summed E-state index contributed by atoms with van der Waals surface area (Å²) in [5.41, 5.74) is 1.55. The van der Waals surface area contributed by atoms with Crippen LogP contribution in [0, 0.1) is 0 Å². The maximum atomic E-state index is 12.4. The average molecular weight is 418 g/mol. The zero-order valence-corrected chi connectivity index (χ0v) is 17.3. The number of piperidine rings is 1. The number of ether oxygens (including phenoxy) is 1. The number of aliphatic hydroxyl groups is 1. The molecule has 31 heavy (non-hydrogen) atoms. The van der Waals surface area contributed by atoms with Crippen LogP contribution in [-0.4, -0.2) is 47.6 Å². The Morgan fingerprint density at radius 2 is 1.68 bits per heavy atom. The maximum absolute atomic E-state index is 12.4. The summed E-state index contributed by atoms with van der Waals surface area (Å²) in [6, 6.07) is 21.0. The zero-order chi connectivity index (χ0) is 21.6. The van der Waals surface area contributed by atoms with Crippen LogP contribution in [0.15, 0.2) is 66.7 Å². The van der Waals surface area contributed by atoms with Crippen LogP contribution in [-0.2, 0) is 16.0 Å². The number of anilines is 1. The molecule has 0 unspecified atom stereocenters. The van der Waals surface area contributed by atoms with Crippen LogP contribution in [0.5, 0.6) is 5.75 Å². The summed E-state index contributed by atoms with van der Waals surface area (Å²) in [6.07, 6.45) is 1.29. The molecule has 3 aromatic rings. The van der Waals surface area contributed by atoms with E-state index in [0.29, 0.717) is 43.8 Å². The largest absolute Gasteiger partial charge is 0.484 e. The second-order valence-corrected chi connectivity index (χ2v) is 7.83. The molecule has 1 aliphatic rings. The number of carbonyl (C=O) groups excluding carboxylic acids is 2. The third-order valence-corrected chi connectivity index (χ3v) is 5.50. The highest BCUT2D eigenvalue weighted by molar-refractivity contribution is 5.92. The molecule has 0 bridgehead atoms. The molecular formula is C25H26N2O4. The summed E-state index contributed by atoms with van der Waals surface area (Å²) in [6.45, 7) is 1.12. The van der Waals surface area contributed by atoms with Crippen molar-refractivity contribution in [1.29, 1.82) is 0 Å². The van der Waals surface area contributed by atoms with E-state index in [1.165, 1.54) is 0 Å². The first kappa shape index (κ1) is 20.9. The van der Waals surface area contributed by atoms with Crippen molar-refractivity contribution >= 4 is 28.3 Å². The maximum Gasteiger partial charge on any atom is 0.262 e. The summed E-state index contributed by atoms with van der Waals surface area (Å²) >= 11 is 0. The molecule has 0 radical (unpaired) electrons. The number of rotatable bonds is 6. The SMILES string of the molecule is O=C(COc1ccc2ccccc2c1)Nc1ccc(CC(=O)N2CCC(O)CC2)cc1. The number of hydrogen-bond donors (Lipinski definition) is 2. The monoisotopic (exact) mass is 418 g/mol. The topological polar surface area (TPSA) is 78.9 Å². The molecule has 4 rings (SSSR count). The third kappa shape index (κ3) is 5.61. The lowest BCUT2D eigenvalue weighted by Crippen LogP contribution is -2.40. The molecule has 2 amide bonds. The van der Waals surface area contributed by atoms with Crippen LogP contribution in [0.1, 0.15) is 18.4 Å². The molecule has 6 nitrogen and oxygen atoms in total. The smallest absolute Gasteiger partial charge is 0.262 e. The van der Waals surface area contributed by atoms with E-state index in [2.05, 4.69) is 5.32 Å². The fourth-order valence-electron chi connectivity index (χ4n) is 3.71. The molecule has 6 heteroatoms. The van der Waals surface area contributed by atoms with Gasteiger partial charge in [0.05, 0.1) is 12.5 Å². The second kappa shape index (κ2) is 9.62. The van der Waals surface area contributed by atoms with E-state index >= 15 is 0 Å². The van der Waals surface area contributed by atoms with Gasteiger partial charge in [-0.25, -0.2) is 0 Å². The molecule has 2 N–H and O–H groups in total. The molecule has 1 saturated heterocycles. The minimum Gasteiger partial charge on any atom is -0.484 e. The van der Waals surface area contributed by atoms with Gasteiger partial charge in [-0.05, 0) is 53.4 Å². The number of fused-ring (bicyclic) bond motifs is 1. The third-order valence-electron chi connectivity index (χ3n) is 5.50. The van der Waals surface area contributed by atoms with Gasteiger partial charge in [-0.1, -0.05) is 42.5 Å². The van der Waals surface area contributed by atoms with Crippen LogP contribution < -0.4 is 10.1 Å². The fourth-order valence-corrected chi connectivity index (χ4v) is 3.71. The highest BCUT2D eigenvalue weighted by Crippen LogP contribution is 2.20. The van der Waals surface area contributed by atoms with Crippen LogP contribution in [0.25, 0.3) is 10.8 Å². The number of carbonyl (C=O) groups is 2. The Hall–Kier alpha value is -3.38. The molecule has 0 atom stereocenters. The Balaban J connectivity index is 1.26.